The fourth-order valence-corrected chi connectivity index (χ4v) is 4.66. The van der Waals surface area contributed by atoms with E-state index in [0.29, 0.717) is 12.6 Å². The Morgan fingerprint density at radius 1 is 1.33 bits per heavy atom. The van der Waals surface area contributed by atoms with E-state index in [-0.39, 0.29) is 5.91 Å². The molecule has 1 saturated carbocycles. The van der Waals surface area contributed by atoms with Gasteiger partial charge in [0.05, 0.1) is 11.7 Å². The summed E-state index contributed by atoms with van der Waals surface area (Å²) >= 11 is 1.55. The number of fused-ring (bicyclic) bond motifs is 1. The molecule has 4 rings (SSSR count). The summed E-state index contributed by atoms with van der Waals surface area (Å²) < 4.78 is 2.17. The molecule has 5 nitrogen and oxygen atoms in total. The van der Waals surface area contributed by atoms with Gasteiger partial charge in [-0.05, 0) is 36.8 Å². The second kappa shape index (κ2) is 7.07. The van der Waals surface area contributed by atoms with Gasteiger partial charge in [0.2, 0.25) is 0 Å². The lowest BCUT2D eigenvalue weighted by molar-refractivity contribution is 0.0940. The van der Waals surface area contributed by atoms with Crippen LogP contribution in [0.1, 0.15) is 54.2 Å². The van der Waals surface area contributed by atoms with Gasteiger partial charge >= 0.3 is 0 Å². The lowest BCUT2D eigenvalue weighted by Crippen LogP contribution is -2.43. The van der Waals surface area contributed by atoms with Crippen LogP contribution in [0.25, 0.3) is 0 Å². The van der Waals surface area contributed by atoms with Gasteiger partial charge in [-0.2, -0.15) is 16.4 Å². The van der Waals surface area contributed by atoms with E-state index in [1.807, 2.05) is 23.0 Å². The van der Waals surface area contributed by atoms with Gasteiger partial charge in [0.25, 0.3) is 5.91 Å². The monoisotopic (exact) mass is 344 g/mol. The highest BCUT2D eigenvalue weighted by Crippen LogP contribution is 2.30. The standard InChI is InChI=1S/C18H24N4OS/c23-18(14-7-10-24-13-14)19-8-5-16-11-21(15-3-1-2-4-15)12-17-6-9-20-22(16)17/h6-7,9-10,13,15-16H,1-5,8,11-12H2,(H,19,23)/t16-/m1/s1. The van der Waals surface area contributed by atoms with Gasteiger partial charge in [0.15, 0.2) is 0 Å². The zero-order chi connectivity index (χ0) is 16.4. The molecule has 128 valence electrons. The SMILES string of the molecule is O=C(NCC[C@@H]1CN(C2CCCC2)Cc2ccnn21)c1ccsc1. The molecular formula is C18H24N4OS. The van der Waals surface area contributed by atoms with Gasteiger partial charge in [-0.25, -0.2) is 0 Å². The topological polar surface area (TPSA) is 50.2 Å². The zero-order valence-corrected chi connectivity index (χ0v) is 14.7. The number of amides is 1. The number of nitrogens with zero attached hydrogens (tertiary/aromatic N) is 3. The molecule has 2 aliphatic rings. The first-order chi connectivity index (χ1) is 11.8. The third-order valence-electron chi connectivity index (χ3n) is 5.30. The summed E-state index contributed by atoms with van der Waals surface area (Å²) in [7, 11) is 0. The number of rotatable bonds is 5. The maximum Gasteiger partial charge on any atom is 0.252 e. The molecule has 1 amide bonds. The quantitative estimate of drug-likeness (QED) is 0.907. The van der Waals surface area contributed by atoms with Crippen LogP contribution in [0.2, 0.25) is 0 Å². The van der Waals surface area contributed by atoms with E-state index < -0.39 is 0 Å². The molecule has 3 heterocycles. The molecule has 1 aliphatic carbocycles. The van der Waals surface area contributed by atoms with Crippen LogP contribution >= 0.6 is 11.3 Å². The third-order valence-corrected chi connectivity index (χ3v) is 5.98. The molecule has 0 spiro atoms. The number of thiophene rings is 1. The predicted molar refractivity (Wildman–Crippen MR) is 95.2 cm³/mol. The molecule has 0 bridgehead atoms. The Kier molecular flexibility index (Phi) is 4.67. The van der Waals surface area contributed by atoms with Crippen LogP contribution in [-0.2, 0) is 6.54 Å². The summed E-state index contributed by atoms with van der Waals surface area (Å²) in [4.78, 5) is 14.7. The Morgan fingerprint density at radius 3 is 3.00 bits per heavy atom. The summed E-state index contributed by atoms with van der Waals surface area (Å²) in [6.07, 6.45) is 8.22. The molecule has 0 unspecified atom stereocenters. The molecule has 24 heavy (non-hydrogen) atoms. The Hall–Kier alpha value is -1.66. The van der Waals surface area contributed by atoms with Gasteiger partial charge in [-0.3, -0.25) is 14.4 Å². The van der Waals surface area contributed by atoms with Gasteiger partial charge in [0, 0.05) is 42.8 Å². The molecule has 2 aromatic rings. The van der Waals surface area contributed by atoms with E-state index in [4.69, 9.17) is 0 Å². The first-order valence-electron chi connectivity index (χ1n) is 8.88. The Labute approximate surface area is 146 Å². The Balaban J connectivity index is 1.37. The molecular weight excluding hydrogens is 320 g/mol. The summed E-state index contributed by atoms with van der Waals surface area (Å²) in [5.74, 6) is 0.0281. The van der Waals surface area contributed by atoms with Crippen LogP contribution in [-0.4, -0.2) is 39.7 Å². The molecule has 1 aliphatic heterocycles. The highest BCUT2D eigenvalue weighted by Gasteiger charge is 2.31. The van der Waals surface area contributed by atoms with Crippen molar-refractivity contribution in [1.29, 1.82) is 0 Å². The van der Waals surface area contributed by atoms with Gasteiger partial charge < -0.3 is 5.32 Å². The van der Waals surface area contributed by atoms with Crippen LogP contribution in [0.5, 0.6) is 0 Å². The summed E-state index contributed by atoms with van der Waals surface area (Å²) in [6, 6.07) is 5.09. The van der Waals surface area contributed by atoms with Crippen molar-refractivity contribution in [3.05, 3.63) is 40.3 Å². The maximum atomic E-state index is 12.1. The van der Waals surface area contributed by atoms with Crippen molar-refractivity contribution in [3.63, 3.8) is 0 Å². The third kappa shape index (κ3) is 3.26. The number of hydrogen-bond donors (Lipinski definition) is 1. The summed E-state index contributed by atoms with van der Waals surface area (Å²) in [5.41, 5.74) is 2.07. The second-order valence-electron chi connectivity index (χ2n) is 6.85. The van der Waals surface area contributed by atoms with E-state index in [0.717, 1.165) is 31.1 Å². The number of carbonyl (C=O) groups is 1. The van der Waals surface area contributed by atoms with Crippen molar-refractivity contribution in [2.75, 3.05) is 13.1 Å². The first kappa shape index (κ1) is 15.8. The molecule has 1 fully saturated rings. The van der Waals surface area contributed by atoms with Crippen molar-refractivity contribution in [2.24, 2.45) is 0 Å². The van der Waals surface area contributed by atoms with Crippen molar-refractivity contribution < 1.29 is 4.79 Å². The Morgan fingerprint density at radius 2 is 2.21 bits per heavy atom. The van der Waals surface area contributed by atoms with E-state index in [9.17, 15) is 4.79 Å². The average molecular weight is 344 g/mol. The minimum atomic E-state index is 0.0281. The maximum absolute atomic E-state index is 12.1. The summed E-state index contributed by atoms with van der Waals surface area (Å²) in [5, 5.41) is 11.4. The molecule has 0 saturated heterocycles. The second-order valence-corrected chi connectivity index (χ2v) is 7.63. The van der Waals surface area contributed by atoms with E-state index in [2.05, 4.69) is 26.1 Å². The fraction of sp³-hybridized carbons (Fsp3) is 0.556. The molecule has 6 heteroatoms. The van der Waals surface area contributed by atoms with Gasteiger partial charge in [-0.15, -0.1) is 0 Å². The first-order valence-corrected chi connectivity index (χ1v) is 9.82. The van der Waals surface area contributed by atoms with Crippen LogP contribution in [0.3, 0.4) is 0 Å². The van der Waals surface area contributed by atoms with Crippen molar-refractivity contribution in [2.45, 2.75) is 50.7 Å². The van der Waals surface area contributed by atoms with Crippen molar-refractivity contribution >= 4 is 17.2 Å². The zero-order valence-electron chi connectivity index (χ0n) is 13.9. The number of hydrogen-bond acceptors (Lipinski definition) is 4. The van der Waals surface area contributed by atoms with Crippen LogP contribution < -0.4 is 5.32 Å². The molecule has 0 aromatic carbocycles. The molecule has 2 aromatic heterocycles. The molecule has 1 N–H and O–H groups in total. The summed E-state index contributed by atoms with van der Waals surface area (Å²) in [6.45, 7) is 2.76. The van der Waals surface area contributed by atoms with Crippen LogP contribution in [0.15, 0.2) is 29.1 Å². The molecule has 1 atom stereocenters. The fourth-order valence-electron chi connectivity index (χ4n) is 4.03. The highest BCUT2D eigenvalue weighted by molar-refractivity contribution is 7.08. The molecule has 0 radical (unpaired) electrons. The van der Waals surface area contributed by atoms with Crippen LogP contribution in [0, 0.1) is 0 Å². The van der Waals surface area contributed by atoms with Crippen LogP contribution in [0.4, 0.5) is 0 Å². The average Bonchev–Trinajstić information content (AvgIpc) is 3.35. The smallest absolute Gasteiger partial charge is 0.252 e. The van der Waals surface area contributed by atoms with Gasteiger partial charge in [0.1, 0.15) is 0 Å². The van der Waals surface area contributed by atoms with E-state index >= 15 is 0 Å². The van der Waals surface area contributed by atoms with E-state index in [1.54, 1.807) is 11.3 Å². The lowest BCUT2D eigenvalue weighted by atomic mass is 10.1. The number of aromatic nitrogens is 2. The largest absolute Gasteiger partial charge is 0.352 e. The van der Waals surface area contributed by atoms with Crippen molar-refractivity contribution in [1.82, 2.24) is 20.0 Å². The minimum Gasteiger partial charge on any atom is -0.352 e. The Bertz CT molecular complexity index is 675. The van der Waals surface area contributed by atoms with Gasteiger partial charge in [-0.1, -0.05) is 12.8 Å². The number of carbonyl (C=O) groups excluding carboxylic acids is 1. The van der Waals surface area contributed by atoms with E-state index in [1.165, 1.54) is 31.4 Å². The number of nitrogens with one attached hydrogen (secondary N) is 1. The predicted octanol–water partition coefficient (Wildman–Crippen LogP) is 3.06. The van der Waals surface area contributed by atoms with Crippen molar-refractivity contribution in [3.8, 4) is 0 Å². The highest BCUT2D eigenvalue weighted by atomic mass is 32.1. The normalized spacial score (nSPS) is 21.8. The lowest BCUT2D eigenvalue weighted by Gasteiger charge is -2.37. The minimum absolute atomic E-state index is 0.0281.